The zero-order valence-corrected chi connectivity index (χ0v) is 18.3. The summed E-state index contributed by atoms with van der Waals surface area (Å²) < 4.78 is 0. The van der Waals surface area contributed by atoms with E-state index in [1.54, 1.807) is 0 Å². The molecule has 10 heteroatoms. The number of rotatable bonds is 10. The van der Waals surface area contributed by atoms with E-state index >= 15 is 0 Å². The first-order valence-electron chi connectivity index (χ1n) is 10.9. The summed E-state index contributed by atoms with van der Waals surface area (Å²) in [7, 11) is 0. The third-order valence-electron chi connectivity index (χ3n) is 5.36. The van der Waals surface area contributed by atoms with Crippen LogP contribution in [0.3, 0.4) is 0 Å². The summed E-state index contributed by atoms with van der Waals surface area (Å²) in [5.74, 6) is -2.33. The second-order valence-corrected chi connectivity index (χ2v) is 8.09. The van der Waals surface area contributed by atoms with Crippen LogP contribution >= 0.6 is 0 Å². The molecule has 0 spiro atoms. The van der Waals surface area contributed by atoms with Gasteiger partial charge in [-0.25, -0.2) is 10.2 Å². The van der Waals surface area contributed by atoms with Crippen molar-refractivity contribution in [1.82, 2.24) is 25.9 Å². The van der Waals surface area contributed by atoms with Gasteiger partial charge in [0.25, 0.3) is 11.8 Å². The molecule has 1 unspecified atom stereocenters. The molecule has 3 aromatic rings. The van der Waals surface area contributed by atoms with Crippen molar-refractivity contribution in [2.45, 2.75) is 31.5 Å². The summed E-state index contributed by atoms with van der Waals surface area (Å²) in [6, 6.07) is 18.9. The number of hydrogen-bond donors (Lipinski definition) is 5. The van der Waals surface area contributed by atoms with Crippen LogP contribution in [0, 0.1) is 0 Å². The summed E-state index contributed by atoms with van der Waals surface area (Å²) in [5.41, 5.74) is 5.66. The van der Waals surface area contributed by atoms with Crippen LogP contribution < -0.4 is 10.7 Å². The molecule has 1 saturated carbocycles. The lowest BCUT2D eigenvalue weighted by molar-refractivity contribution is -0.146. The van der Waals surface area contributed by atoms with E-state index in [2.05, 4.69) is 20.9 Å². The fraction of sp³-hybridized carbons (Fsp3) is 0.250. The number of hydrazine groups is 1. The third-order valence-corrected chi connectivity index (χ3v) is 5.36. The number of hydrogen-bond acceptors (Lipinski definition) is 6. The molecule has 1 fully saturated rings. The minimum Gasteiger partial charge on any atom is -0.479 e. The highest BCUT2D eigenvalue weighted by molar-refractivity contribution is 5.97. The Morgan fingerprint density at radius 2 is 1.74 bits per heavy atom. The Morgan fingerprint density at radius 1 is 1.06 bits per heavy atom. The van der Waals surface area contributed by atoms with Gasteiger partial charge >= 0.3 is 5.97 Å². The van der Waals surface area contributed by atoms with Crippen molar-refractivity contribution in [1.29, 1.82) is 0 Å². The minimum atomic E-state index is -1.70. The number of H-pyrrole nitrogens is 1. The third kappa shape index (κ3) is 5.85. The SMILES string of the molecule is O=C(NC1CC1)c1cc(C(=O)N(Cc2ccc(-c3ccccc3)cc2)NCC(O)C(=O)O)[nH]n1. The maximum Gasteiger partial charge on any atom is 0.333 e. The first-order chi connectivity index (χ1) is 16.4. The number of amides is 2. The van der Waals surface area contributed by atoms with Gasteiger partial charge in [-0.15, -0.1) is 0 Å². The number of aromatic amines is 1. The molecule has 4 rings (SSSR count). The molecule has 1 aliphatic rings. The van der Waals surface area contributed by atoms with Gasteiger partial charge in [-0.3, -0.25) is 19.7 Å². The summed E-state index contributed by atoms with van der Waals surface area (Å²) in [4.78, 5) is 36.3. The maximum atomic E-state index is 13.1. The molecule has 0 bridgehead atoms. The molecule has 0 saturated heterocycles. The average molecular weight is 463 g/mol. The zero-order valence-electron chi connectivity index (χ0n) is 18.3. The zero-order chi connectivity index (χ0) is 24.1. The Hall–Kier alpha value is -4.02. The summed E-state index contributed by atoms with van der Waals surface area (Å²) in [5, 5.41) is 29.1. The van der Waals surface area contributed by atoms with E-state index in [1.165, 1.54) is 11.1 Å². The van der Waals surface area contributed by atoms with Gasteiger partial charge < -0.3 is 15.5 Å². The summed E-state index contributed by atoms with van der Waals surface area (Å²) in [6.07, 6.45) is 0.154. The lowest BCUT2D eigenvalue weighted by Gasteiger charge is -2.24. The van der Waals surface area contributed by atoms with Gasteiger partial charge in [0.15, 0.2) is 11.8 Å². The Bertz CT molecular complexity index is 1160. The average Bonchev–Trinajstić information content (AvgIpc) is 3.52. The number of aliphatic hydroxyl groups is 1. The van der Waals surface area contributed by atoms with E-state index in [4.69, 9.17) is 5.11 Å². The number of carbonyl (C=O) groups is 3. The van der Waals surface area contributed by atoms with Gasteiger partial charge in [0.05, 0.1) is 13.1 Å². The van der Waals surface area contributed by atoms with Gasteiger partial charge in [0.2, 0.25) is 0 Å². The molecule has 2 amide bonds. The second-order valence-electron chi connectivity index (χ2n) is 8.09. The number of nitrogens with one attached hydrogen (secondary N) is 3. The van der Waals surface area contributed by atoms with Crippen LogP contribution in [0.25, 0.3) is 11.1 Å². The van der Waals surface area contributed by atoms with Crippen LogP contribution in [0.4, 0.5) is 0 Å². The molecule has 0 radical (unpaired) electrons. The number of carbonyl (C=O) groups excluding carboxylic acids is 2. The van der Waals surface area contributed by atoms with Crippen molar-refractivity contribution in [3.8, 4) is 11.1 Å². The van der Waals surface area contributed by atoms with Crippen molar-refractivity contribution in [2.75, 3.05) is 6.54 Å². The van der Waals surface area contributed by atoms with Crippen LogP contribution in [0.5, 0.6) is 0 Å². The first kappa shape index (κ1) is 23.1. The molecular formula is C24H25N5O5. The van der Waals surface area contributed by atoms with Crippen LogP contribution in [-0.2, 0) is 11.3 Å². The molecule has 1 atom stereocenters. The minimum absolute atomic E-state index is 0.0548. The van der Waals surface area contributed by atoms with Crippen molar-refractivity contribution in [3.63, 3.8) is 0 Å². The number of carboxylic acid groups (broad SMARTS) is 1. The standard InChI is InChI=1S/C24H25N5O5/c30-21(24(33)34)13-25-29(14-15-6-8-17(9-7-15)16-4-2-1-3-5-16)23(32)20-12-19(27-28-20)22(31)26-18-10-11-18/h1-9,12,18,21,25,30H,10-11,13-14H2,(H,26,31)(H,27,28)(H,33,34). The fourth-order valence-corrected chi connectivity index (χ4v) is 3.28. The molecule has 0 aliphatic heterocycles. The highest BCUT2D eigenvalue weighted by Gasteiger charge is 2.26. The van der Waals surface area contributed by atoms with Gasteiger partial charge in [0.1, 0.15) is 5.69 Å². The number of aromatic nitrogens is 2. The predicted octanol–water partition coefficient (Wildman–Crippen LogP) is 1.56. The van der Waals surface area contributed by atoms with Gasteiger partial charge in [-0.05, 0) is 29.5 Å². The van der Waals surface area contributed by atoms with Crippen LogP contribution in [0.15, 0.2) is 60.7 Å². The molecule has 34 heavy (non-hydrogen) atoms. The van der Waals surface area contributed by atoms with Crippen molar-refractivity contribution in [3.05, 3.63) is 77.6 Å². The van der Waals surface area contributed by atoms with E-state index in [0.717, 1.165) is 29.5 Å². The molecule has 2 aromatic carbocycles. The van der Waals surface area contributed by atoms with Gasteiger partial charge in [-0.1, -0.05) is 54.6 Å². The van der Waals surface area contributed by atoms with Gasteiger partial charge in [-0.2, -0.15) is 5.10 Å². The molecular weight excluding hydrogens is 438 g/mol. The Morgan fingerprint density at radius 3 is 2.38 bits per heavy atom. The normalized spacial score (nSPS) is 13.8. The molecule has 10 nitrogen and oxygen atoms in total. The number of aliphatic carboxylic acids is 1. The topological polar surface area (TPSA) is 148 Å². The van der Waals surface area contributed by atoms with Gasteiger partial charge in [0, 0.05) is 12.1 Å². The van der Waals surface area contributed by atoms with Crippen molar-refractivity contribution in [2.24, 2.45) is 0 Å². The number of benzene rings is 2. The lowest BCUT2D eigenvalue weighted by atomic mass is 10.0. The summed E-state index contributed by atoms with van der Waals surface area (Å²) >= 11 is 0. The Kier molecular flexibility index (Phi) is 7.00. The van der Waals surface area contributed by atoms with Crippen molar-refractivity contribution >= 4 is 17.8 Å². The van der Waals surface area contributed by atoms with E-state index in [0.29, 0.717) is 0 Å². The molecule has 176 valence electrons. The van der Waals surface area contributed by atoms with E-state index < -0.39 is 18.0 Å². The Balaban J connectivity index is 1.49. The maximum absolute atomic E-state index is 13.1. The fourth-order valence-electron chi connectivity index (χ4n) is 3.28. The Labute approximate surface area is 195 Å². The predicted molar refractivity (Wildman–Crippen MR) is 122 cm³/mol. The van der Waals surface area contributed by atoms with E-state index in [-0.39, 0.29) is 36.4 Å². The second kappa shape index (κ2) is 10.3. The summed E-state index contributed by atoms with van der Waals surface area (Å²) in [6.45, 7) is -0.296. The van der Waals surface area contributed by atoms with E-state index in [1.807, 2.05) is 54.6 Å². The van der Waals surface area contributed by atoms with E-state index in [9.17, 15) is 19.5 Å². The molecule has 1 aliphatic carbocycles. The quantitative estimate of drug-likeness (QED) is 0.287. The molecule has 1 aromatic heterocycles. The largest absolute Gasteiger partial charge is 0.479 e. The van der Waals surface area contributed by atoms with Crippen molar-refractivity contribution < 1.29 is 24.6 Å². The smallest absolute Gasteiger partial charge is 0.333 e. The first-order valence-corrected chi connectivity index (χ1v) is 10.9. The molecule has 5 N–H and O–H groups in total. The molecule has 1 heterocycles. The highest BCUT2D eigenvalue weighted by atomic mass is 16.4. The number of carboxylic acids is 1. The van der Waals surface area contributed by atoms with Crippen LogP contribution in [-0.4, -0.2) is 61.9 Å². The number of nitrogens with zero attached hydrogens (tertiary/aromatic N) is 2. The lowest BCUT2D eigenvalue weighted by Crippen LogP contribution is -2.47. The monoisotopic (exact) mass is 463 g/mol. The number of aliphatic hydroxyl groups excluding tert-OH is 1. The van der Waals surface area contributed by atoms with Crippen LogP contribution in [0.1, 0.15) is 39.4 Å². The highest BCUT2D eigenvalue weighted by Crippen LogP contribution is 2.21. The van der Waals surface area contributed by atoms with Crippen LogP contribution in [0.2, 0.25) is 0 Å².